The molecule has 2 heterocycles. The molecule has 1 aromatic heterocycles. The molecule has 3 amide bonds. The van der Waals surface area contributed by atoms with E-state index >= 15 is 0 Å². The largest absolute Gasteiger partial charge is 0.325 e. The van der Waals surface area contributed by atoms with Crippen LogP contribution in [0.2, 0.25) is 0 Å². The van der Waals surface area contributed by atoms with Crippen molar-refractivity contribution in [3.63, 3.8) is 0 Å². The molecule has 0 radical (unpaired) electrons. The van der Waals surface area contributed by atoms with Crippen LogP contribution in [-0.2, 0) is 4.79 Å². The van der Waals surface area contributed by atoms with E-state index in [1.54, 1.807) is 48.4 Å². The number of fused-ring (bicyclic) bond motifs is 1. The van der Waals surface area contributed by atoms with Crippen molar-refractivity contribution in [2.45, 2.75) is 25.8 Å². The second kappa shape index (κ2) is 5.84. The van der Waals surface area contributed by atoms with Gasteiger partial charge in [0.15, 0.2) is 0 Å². The van der Waals surface area contributed by atoms with Crippen LogP contribution < -0.4 is 5.32 Å². The Hall–Kier alpha value is -2.96. The van der Waals surface area contributed by atoms with Gasteiger partial charge in [0.1, 0.15) is 6.04 Å². The van der Waals surface area contributed by atoms with Crippen LogP contribution in [0.15, 0.2) is 36.9 Å². The fourth-order valence-electron chi connectivity index (χ4n) is 2.97. The van der Waals surface area contributed by atoms with Gasteiger partial charge >= 0.3 is 0 Å². The first-order valence-electron chi connectivity index (χ1n) is 8.33. The van der Waals surface area contributed by atoms with Crippen molar-refractivity contribution in [1.82, 2.24) is 14.5 Å². The highest BCUT2D eigenvalue weighted by atomic mass is 16.2. The molecule has 1 atom stereocenters. The van der Waals surface area contributed by atoms with Gasteiger partial charge in [0, 0.05) is 24.6 Å². The topological polar surface area (TPSA) is 84.3 Å². The molecule has 2 aliphatic rings. The summed E-state index contributed by atoms with van der Waals surface area (Å²) >= 11 is 0. The fourth-order valence-corrected chi connectivity index (χ4v) is 2.97. The second-order valence-corrected chi connectivity index (χ2v) is 6.60. The van der Waals surface area contributed by atoms with Crippen LogP contribution in [0.3, 0.4) is 0 Å². The molecular formula is C18H18N4O3. The van der Waals surface area contributed by atoms with Crippen molar-refractivity contribution in [3.05, 3.63) is 48.0 Å². The van der Waals surface area contributed by atoms with Gasteiger partial charge in [-0.1, -0.05) is 0 Å². The Labute approximate surface area is 144 Å². The quantitative estimate of drug-likeness (QED) is 0.846. The zero-order valence-corrected chi connectivity index (χ0v) is 13.8. The van der Waals surface area contributed by atoms with Gasteiger partial charge in [-0.3, -0.25) is 19.3 Å². The van der Waals surface area contributed by atoms with E-state index in [-0.39, 0.29) is 17.7 Å². The SMILES string of the molecule is C[C@H](C(=O)Nc1ccc2c(c1)C(=O)N(CC1CC1)C2=O)n1ccnc1. The van der Waals surface area contributed by atoms with Gasteiger partial charge in [-0.15, -0.1) is 0 Å². The van der Waals surface area contributed by atoms with Crippen molar-refractivity contribution in [1.29, 1.82) is 0 Å². The third-order valence-corrected chi connectivity index (χ3v) is 4.73. The summed E-state index contributed by atoms with van der Waals surface area (Å²) in [5, 5.41) is 2.79. The Kier molecular flexibility index (Phi) is 3.63. The number of hydrogen-bond acceptors (Lipinski definition) is 4. The van der Waals surface area contributed by atoms with Crippen molar-refractivity contribution in [3.8, 4) is 0 Å². The smallest absolute Gasteiger partial charge is 0.261 e. The zero-order chi connectivity index (χ0) is 17.6. The highest BCUT2D eigenvalue weighted by Gasteiger charge is 2.38. The zero-order valence-electron chi connectivity index (χ0n) is 13.8. The summed E-state index contributed by atoms with van der Waals surface area (Å²) in [5.74, 6) is -0.288. The van der Waals surface area contributed by atoms with Crippen molar-refractivity contribution < 1.29 is 14.4 Å². The van der Waals surface area contributed by atoms with E-state index < -0.39 is 6.04 Å². The van der Waals surface area contributed by atoms with E-state index in [1.165, 1.54) is 4.90 Å². The van der Waals surface area contributed by atoms with Crippen LogP contribution in [0.1, 0.15) is 46.5 Å². The molecule has 1 saturated carbocycles. The van der Waals surface area contributed by atoms with Crippen LogP contribution >= 0.6 is 0 Å². The van der Waals surface area contributed by atoms with E-state index in [4.69, 9.17) is 0 Å². The third-order valence-electron chi connectivity index (χ3n) is 4.73. The lowest BCUT2D eigenvalue weighted by molar-refractivity contribution is -0.118. The lowest BCUT2D eigenvalue weighted by atomic mass is 10.1. The minimum absolute atomic E-state index is 0.218. The maximum absolute atomic E-state index is 12.5. The minimum Gasteiger partial charge on any atom is -0.325 e. The van der Waals surface area contributed by atoms with E-state index in [2.05, 4.69) is 10.3 Å². The first-order chi connectivity index (χ1) is 12.0. The number of carbonyl (C=O) groups is 3. The van der Waals surface area contributed by atoms with Gasteiger partial charge in [0.25, 0.3) is 11.8 Å². The number of nitrogens with one attached hydrogen (secondary N) is 1. The third kappa shape index (κ3) is 2.82. The molecular weight excluding hydrogens is 320 g/mol. The van der Waals surface area contributed by atoms with Gasteiger partial charge in [0.05, 0.1) is 17.5 Å². The maximum atomic E-state index is 12.5. The summed E-state index contributed by atoms with van der Waals surface area (Å²) in [6.45, 7) is 2.25. The number of amides is 3. The number of aromatic nitrogens is 2. The molecule has 1 fully saturated rings. The van der Waals surface area contributed by atoms with E-state index in [0.29, 0.717) is 29.3 Å². The molecule has 1 N–H and O–H groups in total. The number of anilines is 1. The predicted molar refractivity (Wildman–Crippen MR) is 90.1 cm³/mol. The molecule has 7 heteroatoms. The standard InChI is InChI=1S/C18H18N4O3/c1-11(21-7-6-19-10-21)16(23)20-13-4-5-14-15(8-13)18(25)22(17(14)24)9-12-2-3-12/h4-8,10-12H,2-3,9H2,1H3,(H,20,23)/t11-/m1/s1. The molecule has 1 aliphatic carbocycles. The molecule has 0 saturated heterocycles. The van der Waals surface area contributed by atoms with Gasteiger partial charge in [-0.25, -0.2) is 4.98 Å². The summed E-state index contributed by atoms with van der Waals surface area (Å²) in [4.78, 5) is 42.5. The normalized spacial score (nSPS) is 17.6. The molecule has 1 aliphatic heterocycles. The van der Waals surface area contributed by atoms with Gasteiger partial charge in [-0.2, -0.15) is 0 Å². The lowest BCUT2D eigenvalue weighted by Gasteiger charge is -2.13. The maximum Gasteiger partial charge on any atom is 0.261 e. The Morgan fingerprint density at radius 2 is 2.04 bits per heavy atom. The van der Waals surface area contributed by atoms with Crippen LogP contribution in [0, 0.1) is 5.92 Å². The molecule has 128 valence electrons. The van der Waals surface area contributed by atoms with Crippen molar-refractivity contribution >= 4 is 23.4 Å². The Morgan fingerprint density at radius 3 is 2.72 bits per heavy atom. The Balaban J connectivity index is 1.52. The average Bonchev–Trinajstić information content (AvgIpc) is 3.20. The van der Waals surface area contributed by atoms with E-state index in [9.17, 15) is 14.4 Å². The summed E-state index contributed by atoms with van der Waals surface area (Å²) in [7, 11) is 0. The molecule has 7 nitrogen and oxygen atoms in total. The summed E-state index contributed by atoms with van der Waals surface area (Å²) in [6, 6.07) is 4.42. The first-order valence-corrected chi connectivity index (χ1v) is 8.33. The van der Waals surface area contributed by atoms with Crippen LogP contribution in [0.4, 0.5) is 5.69 Å². The van der Waals surface area contributed by atoms with Crippen molar-refractivity contribution in [2.75, 3.05) is 11.9 Å². The van der Waals surface area contributed by atoms with E-state index in [1.807, 2.05) is 0 Å². The fraction of sp³-hybridized carbons (Fsp3) is 0.333. The predicted octanol–water partition coefficient (Wildman–Crippen LogP) is 2.09. The van der Waals surface area contributed by atoms with Gasteiger partial charge in [0.2, 0.25) is 5.91 Å². The van der Waals surface area contributed by atoms with Gasteiger partial charge < -0.3 is 9.88 Å². The molecule has 1 aromatic carbocycles. The molecule has 0 spiro atoms. The summed E-state index contributed by atoms with van der Waals surface area (Å²) in [5.41, 5.74) is 1.27. The van der Waals surface area contributed by atoms with Crippen LogP contribution in [-0.4, -0.2) is 38.7 Å². The number of hydrogen-bond donors (Lipinski definition) is 1. The van der Waals surface area contributed by atoms with E-state index in [0.717, 1.165) is 12.8 Å². The summed E-state index contributed by atoms with van der Waals surface area (Å²) in [6.07, 6.45) is 7.04. The number of nitrogens with zero attached hydrogens (tertiary/aromatic N) is 3. The average molecular weight is 338 g/mol. The summed E-state index contributed by atoms with van der Waals surface area (Å²) < 4.78 is 1.69. The molecule has 4 rings (SSSR count). The molecule has 25 heavy (non-hydrogen) atoms. The Bertz CT molecular complexity index is 855. The Morgan fingerprint density at radius 1 is 1.28 bits per heavy atom. The van der Waals surface area contributed by atoms with Gasteiger partial charge in [-0.05, 0) is 43.9 Å². The number of carbonyl (C=O) groups excluding carboxylic acids is 3. The van der Waals surface area contributed by atoms with Crippen LogP contribution in [0.25, 0.3) is 0 Å². The highest BCUT2D eigenvalue weighted by molar-refractivity contribution is 6.21. The first kappa shape index (κ1) is 15.6. The number of imidazole rings is 1. The lowest BCUT2D eigenvalue weighted by Crippen LogP contribution is -2.31. The monoisotopic (exact) mass is 338 g/mol. The number of benzene rings is 1. The molecule has 2 aromatic rings. The minimum atomic E-state index is -0.431. The van der Waals surface area contributed by atoms with Crippen molar-refractivity contribution in [2.24, 2.45) is 5.92 Å². The molecule has 0 bridgehead atoms. The molecule has 0 unspecified atom stereocenters. The van der Waals surface area contributed by atoms with Crippen LogP contribution in [0.5, 0.6) is 0 Å². The highest BCUT2D eigenvalue weighted by Crippen LogP contribution is 2.33. The number of rotatable bonds is 5. The number of imide groups is 1. The second-order valence-electron chi connectivity index (χ2n) is 6.60.